The van der Waals surface area contributed by atoms with Crippen LogP contribution < -0.4 is 15.5 Å². The summed E-state index contributed by atoms with van der Waals surface area (Å²) in [4.78, 5) is 29.5. The van der Waals surface area contributed by atoms with Crippen molar-refractivity contribution < 1.29 is 14.3 Å². The summed E-state index contributed by atoms with van der Waals surface area (Å²) in [5, 5.41) is 12.7. The van der Waals surface area contributed by atoms with Crippen molar-refractivity contribution in [1.29, 1.82) is 0 Å². The molecule has 0 saturated carbocycles. The summed E-state index contributed by atoms with van der Waals surface area (Å²) in [5.41, 5.74) is 4.82. The highest BCUT2D eigenvalue weighted by atomic mass is 16.5. The SMILES string of the molecule is CN1CCN(c2ccc(C(=O)Nc3cc(-c4ccc(NC(=O)OCc5ccccc5)cc4)[nH]n3)cc2)CC1. The maximum atomic E-state index is 12.7. The van der Waals surface area contributed by atoms with Crippen molar-refractivity contribution >= 4 is 29.2 Å². The number of rotatable bonds is 7. The molecule has 4 aromatic rings. The Morgan fingerprint density at radius 2 is 1.61 bits per heavy atom. The summed E-state index contributed by atoms with van der Waals surface area (Å²) < 4.78 is 5.25. The second kappa shape index (κ2) is 11.6. The van der Waals surface area contributed by atoms with Crippen LogP contribution in [0.1, 0.15) is 15.9 Å². The first-order valence-corrected chi connectivity index (χ1v) is 12.5. The Morgan fingerprint density at radius 1 is 0.895 bits per heavy atom. The Bertz CT molecular complexity index is 1360. The number of amides is 2. The fraction of sp³-hybridized carbons (Fsp3) is 0.207. The first-order chi connectivity index (χ1) is 18.5. The molecule has 1 aliphatic rings. The molecule has 0 aliphatic carbocycles. The minimum atomic E-state index is -0.523. The van der Waals surface area contributed by atoms with Gasteiger partial charge in [0.1, 0.15) is 6.61 Å². The van der Waals surface area contributed by atoms with Crippen molar-refractivity contribution in [2.75, 3.05) is 48.8 Å². The first kappa shape index (κ1) is 25.0. The summed E-state index contributed by atoms with van der Waals surface area (Å²) in [6.45, 7) is 4.23. The van der Waals surface area contributed by atoms with Gasteiger partial charge in [0.25, 0.3) is 5.91 Å². The third-order valence-electron chi connectivity index (χ3n) is 6.47. The Morgan fingerprint density at radius 3 is 2.32 bits per heavy atom. The second-order valence-electron chi connectivity index (χ2n) is 9.22. The van der Waals surface area contributed by atoms with E-state index in [1.54, 1.807) is 18.2 Å². The van der Waals surface area contributed by atoms with Crippen LogP contribution in [-0.2, 0) is 11.3 Å². The lowest BCUT2D eigenvalue weighted by Crippen LogP contribution is -2.44. The van der Waals surface area contributed by atoms with E-state index >= 15 is 0 Å². The highest BCUT2D eigenvalue weighted by molar-refractivity contribution is 6.04. The second-order valence-corrected chi connectivity index (χ2v) is 9.22. The molecule has 2 amide bonds. The normalized spacial score (nSPS) is 13.7. The molecule has 1 saturated heterocycles. The van der Waals surface area contributed by atoms with E-state index < -0.39 is 6.09 Å². The minimum Gasteiger partial charge on any atom is -0.444 e. The number of ether oxygens (including phenoxy) is 1. The number of hydrogen-bond acceptors (Lipinski definition) is 6. The van der Waals surface area contributed by atoms with E-state index in [4.69, 9.17) is 4.74 Å². The van der Waals surface area contributed by atoms with Gasteiger partial charge < -0.3 is 19.9 Å². The Labute approximate surface area is 221 Å². The van der Waals surface area contributed by atoms with Crippen LogP contribution >= 0.6 is 0 Å². The maximum absolute atomic E-state index is 12.7. The third-order valence-corrected chi connectivity index (χ3v) is 6.47. The van der Waals surface area contributed by atoms with Gasteiger partial charge in [0, 0.05) is 49.2 Å². The van der Waals surface area contributed by atoms with Crippen LogP contribution in [0.5, 0.6) is 0 Å². The number of piperazine rings is 1. The average Bonchev–Trinajstić information content (AvgIpc) is 3.42. The van der Waals surface area contributed by atoms with Crippen LogP contribution in [0, 0.1) is 0 Å². The van der Waals surface area contributed by atoms with Crippen LogP contribution in [-0.4, -0.2) is 60.3 Å². The van der Waals surface area contributed by atoms with Crippen LogP contribution in [0.2, 0.25) is 0 Å². The number of benzene rings is 3. The number of aromatic nitrogens is 2. The zero-order valence-electron chi connectivity index (χ0n) is 21.2. The van der Waals surface area contributed by atoms with E-state index in [9.17, 15) is 9.59 Å². The molecule has 9 heteroatoms. The number of carbonyl (C=O) groups is 2. The Kier molecular flexibility index (Phi) is 7.65. The van der Waals surface area contributed by atoms with Gasteiger partial charge >= 0.3 is 6.09 Å². The summed E-state index contributed by atoms with van der Waals surface area (Å²) in [6, 6.07) is 26.2. The number of hydrogen-bond donors (Lipinski definition) is 3. The third kappa shape index (κ3) is 6.37. The summed E-state index contributed by atoms with van der Waals surface area (Å²) in [7, 11) is 2.13. The molecule has 0 radical (unpaired) electrons. The van der Waals surface area contributed by atoms with E-state index in [0.29, 0.717) is 17.1 Å². The van der Waals surface area contributed by atoms with Gasteiger partial charge in [-0.1, -0.05) is 42.5 Å². The number of anilines is 3. The van der Waals surface area contributed by atoms with Crippen LogP contribution in [0.4, 0.5) is 22.0 Å². The van der Waals surface area contributed by atoms with Crippen molar-refractivity contribution in [1.82, 2.24) is 15.1 Å². The van der Waals surface area contributed by atoms with Gasteiger partial charge in [-0.05, 0) is 54.6 Å². The molecule has 3 N–H and O–H groups in total. The van der Waals surface area contributed by atoms with Gasteiger partial charge in [-0.15, -0.1) is 0 Å². The van der Waals surface area contributed by atoms with Crippen molar-refractivity contribution in [3.05, 3.63) is 96.1 Å². The lowest BCUT2D eigenvalue weighted by molar-refractivity contribution is 0.102. The van der Waals surface area contributed by atoms with Gasteiger partial charge in [0.2, 0.25) is 0 Å². The fourth-order valence-corrected chi connectivity index (χ4v) is 4.22. The molecule has 3 aromatic carbocycles. The first-order valence-electron chi connectivity index (χ1n) is 12.5. The van der Waals surface area contributed by atoms with E-state index in [1.807, 2.05) is 66.7 Å². The van der Waals surface area contributed by atoms with Crippen molar-refractivity contribution in [2.24, 2.45) is 0 Å². The molecule has 194 valence electrons. The molecule has 1 fully saturated rings. The summed E-state index contributed by atoms with van der Waals surface area (Å²) >= 11 is 0. The number of nitrogens with one attached hydrogen (secondary N) is 3. The van der Waals surface area contributed by atoms with Crippen molar-refractivity contribution in [3.63, 3.8) is 0 Å². The number of carbonyl (C=O) groups excluding carboxylic acids is 2. The van der Waals surface area contributed by atoms with E-state index in [-0.39, 0.29) is 12.5 Å². The predicted octanol–water partition coefficient (Wildman–Crippen LogP) is 4.83. The molecular weight excluding hydrogens is 480 g/mol. The highest BCUT2D eigenvalue weighted by Crippen LogP contribution is 2.23. The van der Waals surface area contributed by atoms with Gasteiger partial charge in [-0.2, -0.15) is 5.10 Å². The van der Waals surface area contributed by atoms with E-state index in [0.717, 1.165) is 48.7 Å². The topological polar surface area (TPSA) is 103 Å². The molecule has 0 bridgehead atoms. The van der Waals surface area contributed by atoms with Crippen LogP contribution in [0.15, 0.2) is 84.9 Å². The molecule has 38 heavy (non-hydrogen) atoms. The molecule has 2 heterocycles. The molecule has 5 rings (SSSR count). The fourth-order valence-electron chi connectivity index (χ4n) is 4.22. The van der Waals surface area contributed by atoms with Gasteiger partial charge in [0.15, 0.2) is 5.82 Å². The largest absolute Gasteiger partial charge is 0.444 e. The Hall–Kier alpha value is -4.63. The molecule has 0 spiro atoms. The molecule has 0 unspecified atom stereocenters. The lowest BCUT2D eigenvalue weighted by Gasteiger charge is -2.34. The maximum Gasteiger partial charge on any atom is 0.411 e. The molecule has 9 nitrogen and oxygen atoms in total. The number of nitrogens with zero attached hydrogens (tertiary/aromatic N) is 3. The molecule has 1 aliphatic heterocycles. The van der Waals surface area contributed by atoms with Gasteiger partial charge in [-0.3, -0.25) is 15.2 Å². The minimum absolute atomic E-state index is 0.202. The summed E-state index contributed by atoms with van der Waals surface area (Å²) in [5.74, 6) is 0.210. The highest BCUT2D eigenvalue weighted by Gasteiger charge is 2.15. The van der Waals surface area contributed by atoms with Crippen molar-refractivity contribution in [3.8, 4) is 11.3 Å². The molecule has 1 aromatic heterocycles. The van der Waals surface area contributed by atoms with Gasteiger partial charge in [0.05, 0.1) is 5.69 Å². The quantitative estimate of drug-likeness (QED) is 0.329. The average molecular weight is 511 g/mol. The number of H-pyrrole nitrogens is 1. The zero-order valence-corrected chi connectivity index (χ0v) is 21.2. The lowest BCUT2D eigenvalue weighted by atomic mass is 10.1. The van der Waals surface area contributed by atoms with Gasteiger partial charge in [-0.25, -0.2) is 4.79 Å². The number of likely N-dealkylation sites (N-methyl/N-ethyl adjacent to an activating group) is 1. The Balaban J connectivity index is 1.13. The van der Waals surface area contributed by atoms with E-state index in [1.165, 1.54) is 0 Å². The van der Waals surface area contributed by atoms with Crippen LogP contribution in [0.25, 0.3) is 11.3 Å². The zero-order chi connectivity index (χ0) is 26.3. The number of aromatic amines is 1. The van der Waals surface area contributed by atoms with E-state index in [2.05, 4.69) is 37.7 Å². The predicted molar refractivity (Wildman–Crippen MR) is 148 cm³/mol. The molecular formula is C29H30N6O3. The smallest absolute Gasteiger partial charge is 0.411 e. The summed E-state index contributed by atoms with van der Waals surface area (Å²) in [6.07, 6.45) is -0.523. The molecule has 0 atom stereocenters. The monoisotopic (exact) mass is 510 g/mol. The standard InChI is InChI=1S/C29H30N6O3/c1-34-15-17-35(18-16-34)25-13-9-23(10-14-25)28(36)31-27-19-26(32-33-27)22-7-11-24(12-8-22)30-29(37)38-20-21-5-3-2-4-6-21/h2-14,19H,15-18,20H2,1H3,(H,30,37)(H2,31,32,33,36). The van der Waals surface area contributed by atoms with Crippen LogP contribution in [0.3, 0.4) is 0 Å². The van der Waals surface area contributed by atoms with Crippen molar-refractivity contribution in [2.45, 2.75) is 6.61 Å².